The molecule has 0 fully saturated rings. The van der Waals surface area contributed by atoms with Gasteiger partial charge in [-0.3, -0.25) is 0 Å². The van der Waals surface area contributed by atoms with Crippen molar-refractivity contribution in [2.24, 2.45) is 10.2 Å². The molecule has 2 rings (SSSR count). The molecule has 0 radical (unpaired) electrons. The van der Waals surface area contributed by atoms with Gasteiger partial charge in [-0.15, -0.1) is 0 Å². The van der Waals surface area contributed by atoms with Crippen LogP contribution in [0.25, 0.3) is 0 Å². The fraction of sp³-hybridized carbons (Fsp3) is 0.368. The van der Waals surface area contributed by atoms with E-state index in [2.05, 4.69) is 29.3 Å². The molecule has 116 valence electrons. The Hall–Kier alpha value is -2.16. The fourth-order valence-corrected chi connectivity index (χ4v) is 2.25. The minimum Gasteiger partial charge on any atom is -0.497 e. The highest BCUT2D eigenvalue weighted by atomic mass is 16.5. The topological polar surface area (TPSA) is 34.0 Å². The van der Waals surface area contributed by atoms with Gasteiger partial charge in [0.25, 0.3) is 0 Å². The Morgan fingerprint density at radius 3 is 1.91 bits per heavy atom. The number of nitrogens with zero attached hydrogens (tertiary/aromatic N) is 2. The minimum atomic E-state index is 0.824. The number of methoxy groups -OCH3 is 1. The van der Waals surface area contributed by atoms with Crippen LogP contribution in [0.3, 0.4) is 0 Å². The molecule has 0 bridgehead atoms. The summed E-state index contributed by atoms with van der Waals surface area (Å²) in [5, 5.41) is 8.50. The summed E-state index contributed by atoms with van der Waals surface area (Å²) in [5.41, 5.74) is 3.08. The molecule has 0 unspecified atom stereocenters. The second-order valence-electron chi connectivity index (χ2n) is 5.38. The Morgan fingerprint density at radius 1 is 0.773 bits per heavy atom. The molecule has 22 heavy (non-hydrogen) atoms. The first-order chi connectivity index (χ1) is 10.8. The summed E-state index contributed by atoms with van der Waals surface area (Å²) in [6.07, 6.45) is 6.34. The van der Waals surface area contributed by atoms with Gasteiger partial charge in [0.15, 0.2) is 0 Å². The third-order valence-electron chi connectivity index (χ3n) is 3.61. The predicted octanol–water partition coefficient (Wildman–Crippen LogP) is 6.23. The zero-order valence-electron chi connectivity index (χ0n) is 13.5. The molecule has 0 aliphatic rings. The van der Waals surface area contributed by atoms with E-state index < -0.39 is 0 Å². The first-order valence-electron chi connectivity index (χ1n) is 7.96. The van der Waals surface area contributed by atoms with E-state index in [0.29, 0.717) is 0 Å². The monoisotopic (exact) mass is 296 g/mol. The lowest BCUT2D eigenvalue weighted by atomic mass is 10.1. The number of unbranched alkanes of at least 4 members (excludes halogenated alkanes) is 3. The molecular weight excluding hydrogens is 272 g/mol. The van der Waals surface area contributed by atoms with Crippen LogP contribution in [0.2, 0.25) is 0 Å². The summed E-state index contributed by atoms with van der Waals surface area (Å²) in [7, 11) is 1.65. The van der Waals surface area contributed by atoms with Crippen molar-refractivity contribution in [2.45, 2.75) is 39.0 Å². The van der Waals surface area contributed by atoms with Crippen LogP contribution in [-0.2, 0) is 6.42 Å². The second-order valence-corrected chi connectivity index (χ2v) is 5.38. The van der Waals surface area contributed by atoms with Crippen molar-refractivity contribution in [3.63, 3.8) is 0 Å². The standard InChI is InChI=1S/C19H24N2O/c1-3-4-5-6-7-16-8-10-17(11-9-16)20-21-18-12-14-19(22-2)15-13-18/h8-15H,3-7H2,1-2H3/b21-20+. The zero-order valence-corrected chi connectivity index (χ0v) is 13.5. The number of azo groups is 1. The van der Waals surface area contributed by atoms with Gasteiger partial charge in [-0.1, -0.05) is 38.3 Å². The molecule has 0 aliphatic carbocycles. The largest absolute Gasteiger partial charge is 0.497 e. The smallest absolute Gasteiger partial charge is 0.119 e. The van der Waals surface area contributed by atoms with Gasteiger partial charge in [0.2, 0.25) is 0 Å². The summed E-state index contributed by atoms with van der Waals surface area (Å²) in [4.78, 5) is 0. The number of hydrogen-bond acceptors (Lipinski definition) is 3. The van der Waals surface area contributed by atoms with Crippen molar-refractivity contribution >= 4 is 11.4 Å². The lowest BCUT2D eigenvalue weighted by molar-refractivity contribution is 0.415. The zero-order chi connectivity index (χ0) is 15.6. The maximum absolute atomic E-state index is 5.12. The number of hydrogen-bond donors (Lipinski definition) is 0. The molecule has 3 nitrogen and oxygen atoms in total. The molecule has 0 spiro atoms. The highest BCUT2D eigenvalue weighted by molar-refractivity contribution is 5.43. The van der Waals surface area contributed by atoms with Crippen molar-refractivity contribution in [2.75, 3.05) is 7.11 Å². The van der Waals surface area contributed by atoms with Crippen LogP contribution >= 0.6 is 0 Å². The van der Waals surface area contributed by atoms with Crippen LogP contribution in [-0.4, -0.2) is 7.11 Å². The normalized spacial score (nSPS) is 11.0. The molecule has 0 aliphatic heterocycles. The molecule has 0 heterocycles. The minimum absolute atomic E-state index is 0.824. The van der Waals surface area contributed by atoms with Gasteiger partial charge in [-0.2, -0.15) is 10.2 Å². The number of aryl methyl sites for hydroxylation is 1. The Labute approximate surface area is 133 Å². The van der Waals surface area contributed by atoms with Crippen molar-refractivity contribution in [1.29, 1.82) is 0 Å². The van der Waals surface area contributed by atoms with Gasteiger partial charge in [0, 0.05) is 0 Å². The van der Waals surface area contributed by atoms with Gasteiger partial charge in [-0.25, -0.2) is 0 Å². The van der Waals surface area contributed by atoms with Crippen LogP contribution in [0.1, 0.15) is 38.2 Å². The average molecular weight is 296 g/mol. The average Bonchev–Trinajstić information content (AvgIpc) is 2.58. The lowest BCUT2D eigenvalue weighted by Crippen LogP contribution is -1.84. The highest BCUT2D eigenvalue weighted by Gasteiger charge is 1.96. The van der Waals surface area contributed by atoms with E-state index in [1.165, 1.54) is 31.2 Å². The van der Waals surface area contributed by atoms with Gasteiger partial charge < -0.3 is 4.74 Å². The molecule has 2 aromatic carbocycles. The molecule has 0 amide bonds. The van der Waals surface area contributed by atoms with Crippen LogP contribution in [0, 0.1) is 0 Å². The van der Waals surface area contributed by atoms with E-state index in [-0.39, 0.29) is 0 Å². The van der Waals surface area contributed by atoms with Crippen molar-refractivity contribution in [3.8, 4) is 5.75 Å². The van der Waals surface area contributed by atoms with Crippen LogP contribution < -0.4 is 4.74 Å². The van der Waals surface area contributed by atoms with Crippen LogP contribution in [0.4, 0.5) is 11.4 Å². The third-order valence-corrected chi connectivity index (χ3v) is 3.61. The molecular formula is C19H24N2O. The number of benzene rings is 2. The van der Waals surface area contributed by atoms with E-state index in [4.69, 9.17) is 4.74 Å². The lowest BCUT2D eigenvalue weighted by Gasteiger charge is -2.01. The maximum atomic E-state index is 5.12. The van der Waals surface area contributed by atoms with E-state index in [1.807, 2.05) is 36.4 Å². The molecule has 0 atom stereocenters. The Balaban J connectivity index is 1.88. The summed E-state index contributed by atoms with van der Waals surface area (Å²) in [5.74, 6) is 0.825. The SMILES string of the molecule is CCCCCCc1ccc(/N=N/c2ccc(OC)cc2)cc1. The Bertz CT molecular complexity index is 573. The van der Waals surface area contributed by atoms with Gasteiger partial charge in [-0.05, 0) is 54.8 Å². The van der Waals surface area contributed by atoms with Crippen LogP contribution in [0.15, 0.2) is 58.8 Å². The first-order valence-corrected chi connectivity index (χ1v) is 7.96. The summed E-state index contributed by atoms with van der Waals surface area (Å²) in [6, 6.07) is 15.9. The third kappa shape index (κ3) is 5.32. The molecule has 2 aromatic rings. The number of rotatable bonds is 8. The molecule has 0 aromatic heterocycles. The summed E-state index contributed by atoms with van der Waals surface area (Å²) < 4.78 is 5.12. The van der Waals surface area contributed by atoms with Crippen LogP contribution in [0.5, 0.6) is 5.75 Å². The van der Waals surface area contributed by atoms with Gasteiger partial charge in [0.05, 0.1) is 18.5 Å². The number of ether oxygens (including phenoxy) is 1. The summed E-state index contributed by atoms with van der Waals surface area (Å²) >= 11 is 0. The summed E-state index contributed by atoms with van der Waals surface area (Å²) in [6.45, 7) is 2.24. The fourth-order valence-electron chi connectivity index (χ4n) is 2.25. The maximum Gasteiger partial charge on any atom is 0.119 e. The van der Waals surface area contributed by atoms with Crippen molar-refractivity contribution in [3.05, 3.63) is 54.1 Å². The predicted molar refractivity (Wildman–Crippen MR) is 91.5 cm³/mol. The Morgan fingerprint density at radius 2 is 1.36 bits per heavy atom. The van der Waals surface area contributed by atoms with E-state index >= 15 is 0 Å². The molecule has 0 saturated heterocycles. The highest BCUT2D eigenvalue weighted by Crippen LogP contribution is 2.21. The molecule has 3 heteroatoms. The van der Waals surface area contributed by atoms with E-state index in [9.17, 15) is 0 Å². The molecule has 0 N–H and O–H groups in total. The molecule has 0 saturated carbocycles. The quantitative estimate of drug-likeness (QED) is 0.419. The Kier molecular flexibility index (Phi) is 6.62. The second kappa shape index (κ2) is 8.98. The van der Waals surface area contributed by atoms with Crippen molar-refractivity contribution in [1.82, 2.24) is 0 Å². The van der Waals surface area contributed by atoms with E-state index in [1.54, 1.807) is 7.11 Å². The van der Waals surface area contributed by atoms with E-state index in [0.717, 1.165) is 23.5 Å². The van der Waals surface area contributed by atoms with Gasteiger partial charge >= 0.3 is 0 Å². The first kappa shape index (κ1) is 16.2. The van der Waals surface area contributed by atoms with Crippen molar-refractivity contribution < 1.29 is 4.74 Å². The van der Waals surface area contributed by atoms with Gasteiger partial charge in [0.1, 0.15) is 5.75 Å².